The molecular weight excluding hydrogens is 266 g/mol. The summed E-state index contributed by atoms with van der Waals surface area (Å²) in [7, 11) is -3.03. The Kier molecular flexibility index (Phi) is 5.26. The summed E-state index contributed by atoms with van der Waals surface area (Å²) >= 11 is 0.991. The summed E-state index contributed by atoms with van der Waals surface area (Å²) in [5.74, 6) is -1.19. The number of amides is 1. The van der Waals surface area contributed by atoms with Gasteiger partial charge in [-0.2, -0.15) is 0 Å². The lowest BCUT2D eigenvalue weighted by Gasteiger charge is -2.10. The first kappa shape index (κ1) is 14.3. The van der Waals surface area contributed by atoms with Crippen LogP contribution >= 0.6 is 11.8 Å². The number of thioether (sulfide) groups is 1. The topological polar surface area (TPSA) is 101 Å². The van der Waals surface area contributed by atoms with Crippen LogP contribution in [0.2, 0.25) is 0 Å². The molecule has 1 fully saturated rings. The minimum atomic E-state index is -3.03. The maximum Gasteiger partial charge on any atom is 0.313 e. The van der Waals surface area contributed by atoms with Crippen molar-refractivity contribution in [3.8, 4) is 0 Å². The first-order valence-corrected chi connectivity index (χ1v) is 8.06. The third kappa shape index (κ3) is 4.95. The van der Waals surface area contributed by atoms with Gasteiger partial charge in [0, 0.05) is 6.54 Å². The Morgan fingerprint density at radius 2 is 2.06 bits per heavy atom. The van der Waals surface area contributed by atoms with Gasteiger partial charge in [-0.3, -0.25) is 9.59 Å². The van der Waals surface area contributed by atoms with E-state index < -0.39 is 21.1 Å². The van der Waals surface area contributed by atoms with Gasteiger partial charge in [-0.05, 0) is 12.8 Å². The second-order valence-corrected chi connectivity index (χ2v) is 7.21. The van der Waals surface area contributed by atoms with Gasteiger partial charge in [-0.1, -0.05) is 0 Å². The van der Waals surface area contributed by atoms with Crippen molar-refractivity contribution in [2.24, 2.45) is 0 Å². The summed E-state index contributed by atoms with van der Waals surface area (Å²) in [6.45, 7) is 0.134. The molecule has 2 N–H and O–H groups in total. The Labute approximate surface area is 104 Å². The lowest BCUT2D eigenvalue weighted by molar-refractivity contribution is -0.133. The number of sulfone groups is 1. The zero-order valence-electron chi connectivity index (χ0n) is 9.22. The Bertz CT molecular complexity index is 392. The van der Waals surface area contributed by atoms with E-state index in [0.29, 0.717) is 12.8 Å². The van der Waals surface area contributed by atoms with Crippen molar-refractivity contribution >= 4 is 33.5 Å². The maximum absolute atomic E-state index is 11.4. The zero-order chi connectivity index (χ0) is 12.9. The Balaban J connectivity index is 2.22. The van der Waals surface area contributed by atoms with Crippen LogP contribution in [0.1, 0.15) is 12.8 Å². The lowest BCUT2D eigenvalue weighted by Crippen LogP contribution is -2.35. The molecule has 1 saturated heterocycles. The van der Waals surface area contributed by atoms with E-state index in [1.807, 2.05) is 0 Å². The van der Waals surface area contributed by atoms with Gasteiger partial charge in [0.25, 0.3) is 0 Å². The van der Waals surface area contributed by atoms with Crippen LogP contribution < -0.4 is 5.32 Å². The van der Waals surface area contributed by atoms with Crippen LogP contribution in [0.5, 0.6) is 0 Å². The molecule has 0 aromatic rings. The molecular formula is C9H15NO5S2. The summed E-state index contributed by atoms with van der Waals surface area (Å²) in [4.78, 5) is 21.5. The fourth-order valence-electron chi connectivity index (χ4n) is 1.60. The van der Waals surface area contributed by atoms with Crippen LogP contribution in [0.15, 0.2) is 0 Å². The number of aliphatic carboxylic acids is 1. The average molecular weight is 281 g/mol. The molecule has 0 aromatic carbocycles. The van der Waals surface area contributed by atoms with Crippen LogP contribution in [-0.2, 0) is 19.4 Å². The third-order valence-corrected chi connectivity index (χ3v) is 5.64. The van der Waals surface area contributed by atoms with Gasteiger partial charge in [0.1, 0.15) is 0 Å². The van der Waals surface area contributed by atoms with Gasteiger partial charge < -0.3 is 10.4 Å². The highest BCUT2D eigenvalue weighted by Gasteiger charge is 2.31. The smallest absolute Gasteiger partial charge is 0.313 e. The second kappa shape index (κ2) is 6.25. The van der Waals surface area contributed by atoms with Crippen molar-refractivity contribution in [3.05, 3.63) is 0 Å². The first-order chi connectivity index (χ1) is 7.92. The molecule has 0 radical (unpaired) electrons. The molecule has 0 spiro atoms. The number of hydrogen-bond donors (Lipinski definition) is 2. The monoisotopic (exact) mass is 281 g/mol. The Morgan fingerprint density at radius 1 is 1.35 bits per heavy atom. The van der Waals surface area contributed by atoms with E-state index in [1.54, 1.807) is 0 Å². The van der Waals surface area contributed by atoms with Crippen LogP contribution in [-0.4, -0.2) is 54.5 Å². The average Bonchev–Trinajstić information content (AvgIpc) is 2.54. The highest BCUT2D eigenvalue weighted by molar-refractivity contribution is 8.00. The third-order valence-electron chi connectivity index (χ3n) is 2.45. The van der Waals surface area contributed by atoms with E-state index in [0.717, 1.165) is 11.8 Å². The van der Waals surface area contributed by atoms with Crippen molar-refractivity contribution < 1.29 is 23.1 Å². The molecule has 17 heavy (non-hydrogen) atoms. The molecule has 1 aliphatic rings. The van der Waals surface area contributed by atoms with Gasteiger partial charge in [-0.15, -0.1) is 11.8 Å². The van der Waals surface area contributed by atoms with Crippen LogP contribution in [0.3, 0.4) is 0 Å². The molecule has 8 heteroatoms. The highest BCUT2D eigenvalue weighted by atomic mass is 32.2. The fraction of sp³-hybridized carbons (Fsp3) is 0.778. The SMILES string of the molecule is O=C(O)CSCC(=O)NCC1CCCS1(=O)=O. The standard InChI is InChI=1S/C9H15NO5S2/c11-8(5-16-6-9(12)13)10-4-7-2-1-3-17(7,14)15/h7H,1-6H2,(H,10,11)(H,12,13). The molecule has 1 amide bonds. The number of carboxylic acid groups (broad SMARTS) is 1. The van der Waals surface area contributed by atoms with Gasteiger partial charge in [0.15, 0.2) is 9.84 Å². The molecule has 1 heterocycles. The molecule has 0 saturated carbocycles. The fourth-order valence-corrected chi connectivity index (χ4v) is 3.93. The second-order valence-electron chi connectivity index (χ2n) is 3.82. The number of nitrogens with one attached hydrogen (secondary N) is 1. The van der Waals surface area contributed by atoms with Crippen LogP contribution in [0.4, 0.5) is 0 Å². The maximum atomic E-state index is 11.4. The van der Waals surface area contributed by atoms with Gasteiger partial charge in [-0.25, -0.2) is 8.42 Å². The quantitative estimate of drug-likeness (QED) is 0.680. The summed E-state index contributed by atoms with van der Waals surface area (Å²) in [5, 5.41) is 10.4. The van der Waals surface area contributed by atoms with E-state index in [1.165, 1.54) is 0 Å². The number of carboxylic acids is 1. The minimum Gasteiger partial charge on any atom is -0.481 e. The van der Waals surface area contributed by atoms with E-state index in [-0.39, 0.29) is 29.7 Å². The molecule has 1 atom stereocenters. The van der Waals surface area contributed by atoms with Gasteiger partial charge >= 0.3 is 5.97 Å². The van der Waals surface area contributed by atoms with Gasteiger partial charge in [0.05, 0.1) is 22.5 Å². The Morgan fingerprint density at radius 3 is 2.59 bits per heavy atom. The normalized spacial score (nSPS) is 22.2. The minimum absolute atomic E-state index is 0.0407. The molecule has 1 rings (SSSR count). The summed E-state index contributed by atoms with van der Waals surface area (Å²) < 4.78 is 22.9. The number of carbonyl (C=O) groups excluding carboxylic acids is 1. The first-order valence-electron chi connectivity index (χ1n) is 5.19. The largest absolute Gasteiger partial charge is 0.481 e. The van der Waals surface area contributed by atoms with Crippen molar-refractivity contribution in [2.45, 2.75) is 18.1 Å². The van der Waals surface area contributed by atoms with Crippen molar-refractivity contribution in [2.75, 3.05) is 23.8 Å². The van der Waals surface area contributed by atoms with Gasteiger partial charge in [0.2, 0.25) is 5.91 Å². The molecule has 0 bridgehead atoms. The van der Waals surface area contributed by atoms with E-state index >= 15 is 0 Å². The predicted octanol–water partition coefficient (Wildman–Crippen LogP) is -0.502. The Hall–Kier alpha value is -0.760. The van der Waals surface area contributed by atoms with E-state index in [4.69, 9.17) is 5.11 Å². The van der Waals surface area contributed by atoms with E-state index in [9.17, 15) is 18.0 Å². The summed E-state index contributed by atoms with van der Waals surface area (Å²) in [6, 6.07) is 0. The molecule has 0 aromatic heterocycles. The van der Waals surface area contributed by atoms with Crippen molar-refractivity contribution in [1.29, 1.82) is 0 Å². The van der Waals surface area contributed by atoms with Crippen LogP contribution in [0.25, 0.3) is 0 Å². The van der Waals surface area contributed by atoms with Crippen molar-refractivity contribution in [3.63, 3.8) is 0 Å². The van der Waals surface area contributed by atoms with E-state index in [2.05, 4.69) is 5.32 Å². The molecule has 6 nitrogen and oxygen atoms in total. The molecule has 1 unspecified atom stereocenters. The summed E-state index contributed by atoms with van der Waals surface area (Å²) in [5.41, 5.74) is 0. The number of carbonyl (C=O) groups is 2. The molecule has 0 aliphatic carbocycles. The number of rotatable bonds is 6. The van der Waals surface area contributed by atoms with Crippen LogP contribution in [0, 0.1) is 0 Å². The lowest BCUT2D eigenvalue weighted by atomic mass is 10.2. The predicted molar refractivity (Wildman–Crippen MR) is 64.8 cm³/mol. The molecule has 98 valence electrons. The molecule has 1 aliphatic heterocycles. The number of hydrogen-bond acceptors (Lipinski definition) is 5. The highest BCUT2D eigenvalue weighted by Crippen LogP contribution is 2.18. The van der Waals surface area contributed by atoms with Crippen molar-refractivity contribution in [1.82, 2.24) is 5.32 Å². The zero-order valence-corrected chi connectivity index (χ0v) is 10.8. The summed E-state index contributed by atoms with van der Waals surface area (Å²) in [6.07, 6.45) is 1.24.